The van der Waals surface area contributed by atoms with E-state index < -0.39 is 6.43 Å². The molecule has 0 amide bonds. The molecule has 1 aromatic rings. The maximum atomic E-state index is 12.1. The molecule has 0 bridgehead atoms. The standard InChI is InChI=1S/C7H6BrF2NO/c8-5-1-4(7(9)10)2-11-6(5)3-12/h1-2,7,12H,3H2. The largest absolute Gasteiger partial charge is 0.390 e. The molecule has 0 radical (unpaired) electrons. The Balaban J connectivity index is 3.02. The van der Waals surface area contributed by atoms with E-state index in [2.05, 4.69) is 20.9 Å². The lowest BCUT2D eigenvalue weighted by molar-refractivity contribution is 0.150. The highest BCUT2D eigenvalue weighted by molar-refractivity contribution is 9.10. The van der Waals surface area contributed by atoms with Gasteiger partial charge in [0.15, 0.2) is 0 Å². The Morgan fingerprint density at radius 3 is 2.67 bits per heavy atom. The molecule has 0 aromatic carbocycles. The summed E-state index contributed by atoms with van der Waals surface area (Å²) in [5.41, 5.74) is 0.207. The molecule has 2 nitrogen and oxygen atoms in total. The van der Waals surface area contributed by atoms with Gasteiger partial charge in [0.05, 0.1) is 12.3 Å². The number of nitrogens with zero attached hydrogens (tertiary/aromatic N) is 1. The van der Waals surface area contributed by atoms with Crippen LogP contribution < -0.4 is 0 Å². The minimum atomic E-state index is -2.53. The van der Waals surface area contributed by atoms with E-state index in [1.165, 1.54) is 6.07 Å². The van der Waals surface area contributed by atoms with E-state index in [1.54, 1.807) is 0 Å². The summed E-state index contributed by atoms with van der Waals surface area (Å²) < 4.78 is 24.5. The number of rotatable bonds is 2. The zero-order valence-corrected chi connectivity index (χ0v) is 7.55. The van der Waals surface area contributed by atoms with Crippen LogP contribution in [0.4, 0.5) is 8.78 Å². The molecule has 0 atom stereocenters. The van der Waals surface area contributed by atoms with Gasteiger partial charge in [0.1, 0.15) is 0 Å². The Bertz CT molecular complexity index is 280. The SMILES string of the molecule is OCc1ncc(C(F)F)cc1Br. The van der Waals surface area contributed by atoms with Gasteiger partial charge in [0.25, 0.3) is 6.43 Å². The predicted octanol–water partition coefficient (Wildman–Crippen LogP) is 2.27. The minimum absolute atomic E-state index is 0.154. The van der Waals surface area contributed by atoms with Crippen LogP contribution in [0, 0.1) is 0 Å². The van der Waals surface area contributed by atoms with Gasteiger partial charge in [-0.3, -0.25) is 4.98 Å². The number of halogens is 3. The van der Waals surface area contributed by atoms with Crippen LogP contribution in [-0.2, 0) is 6.61 Å². The van der Waals surface area contributed by atoms with Crippen molar-refractivity contribution in [3.63, 3.8) is 0 Å². The summed E-state index contributed by atoms with van der Waals surface area (Å²) in [5.74, 6) is 0. The van der Waals surface area contributed by atoms with Crippen molar-refractivity contribution in [2.45, 2.75) is 13.0 Å². The monoisotopic (exact) mass is 237 g/mol. The molecule has 0 aliphatic rings. The molecule has 1 aromatic heterocycles. The second-order valence-corrected chi connectivity index (χ2v) is 3.01. The third-order valence-electron chi connectivity index (χ3n) is 1.34. The minimum Gasteiger partial charge on any atom is -0.390 e. The summed E-state index contributed by atoms with van der Waals surface area (Å²) in [6.07, 6.45) is -1.47. The summed E-state index contributed by atoms with van der Waals surface area (Å²) in [6.45, 7) is -0.260. The average Bonchev–Trinajstić information content (AvgIpc) is 2.04. The van der Waals surface area contributed by atoms with Crippen molar-refractivity contribution >= 4 is 15.9 Å². The first kappa shape index (κ1) is 9.54. The molecule has 0 fully saturated rings. The summed E-state index contributed by atoms with van der Waals surface area (Å²) in [6, 6.07) is 1.25. The normalized spacial score (nSPS) is 10.8. The molecule has 5 heteroatoms. The molecule has 0 aliphatic heterocycles. The molecule has 0 saturated heterocycles. The zero-order chi connectivity index (χ0) is 9.14. The Morgan fingerprint density at radius 2 is 2.25 bits per heavy atom. The zero-order valence-electron chi connectivity index (χ0n) is 5.97. The van der Waals surface area contributed by atoms with Crippen molar-refractivity contribution in [1.82, 2.24) is 4.98 Å². The van der Waals surface area contributed by atoms with E-state index in [4.69, 9.17) is 5.11 Å². The molecule has 0 aliphatic carbocycles. The maximum absolute atomic E-state index is 12.1. The lowest BCUT2D eigenvalue weighted by atomic mass is 10.2. The molecule has 0 unspecified atom stereocenters. The quantitative estimate of drug-likeness (QED) is 0.857. The first-order valence-electron chi connectivity index (χ1n) is 3.18. The third kappa shape index (κ3) is 1.98. The summed E-state index contributed by atoms with van der Waals surface area (Å²) >= 11 is 3.02. The van der Waals surface area contributed by atoms with E-state index in [0.29, 0.717) is 10.2 Å². The van der Waals surface area contributed by atoms with Gasteiger partial charge in [0.2, 0.25) is 0 Å². The van der Waals surface area contributed by atoms with Crippen LogP contribution in [0.15, 0.2) is 16.7 Å². The van der Waals surface area contributed by atoms with Gasteiger partial charge in [-0.25, -0.2) is 8.78 Å². The van der Waals surface area contributed by atoms with Crippen LogP contribution in [0.2, 0.25) is 0 Å². The number of hydrogen-bond donors (Lipinski definition) is 1. The van der Waals surface area contributed by atoms with Crippen molar-refractivity contribution in [2.75, 3.05) is 0 Å². The van der Waals surface area contributed by atoms with Crippen molar-refractivity contribution in [2.24, 2.45) is 0 Å². The summed E-state index contributed by atoms with van der Waals surface area (Å²) in [7, 11) is 0. The smallest absolute Gasteiger partial charge is 0.265 e. The van der Waals surface area contributed by atoms with Gasteiger partial charge >= 0.3 is 0 Å². The molecule has 1 N–H and O–H groups in total. The maximum Gasteiger partial charge on any atom is 0.265 e. The van der Waals surface area contributed by atoms with E-state index in [0.717, 1.165) is 6.20 Å². The predicted molar refractivity (Wildman–Crippen MR) is 42.8 cm³/mol. The molecule has 0 spiro atoms. The van der Waals surface area contributed by atoms with Crippen molar-refractivity contribution in [1.29, 1.82) is 0 Å². The van der Waals surface area contributed by atoms with Crippen molar-refractivity contribution < 1.29 is 13.9 Å². The van der Waals surface area contributed by atoms with Gasteiger partial charge in [-0.2, -0.15) is 0 Å². The molecule has 12 heavy (non-hydrogen) atoms. The molecule has 1 rings (SSSR count). The highest BCUT2D eigenvalue weighted by Crippen LogP contribution is 2.23. The highest BCUT2D eigenvalue weighted by Gasteiger charge is 2.09. The first-order valence-corrected chi connectivity index (χ1v) is 3.97. The Kier molecular flexibility index (Phi) is 3.11. The van der Waals surface area contributed by atoms with Crippen LogP contribution in [-0.4, -0.2) is 10.1 Å². The lowest BCUT2D eigenvalue weighted by Crippen LogP contribution is -1.93. The average molecular weight is 238 g/mol. The highest BCUT2D eigenvalue weighted by atomic mass is 79.9. The number of aliphatic hydroxyl groups is 1. The Morgan fingerprint density at radius 1 is 1.58 bits per heavy atom. The Hall–Kier alpha value is -0.550. The number of aliphatic hydroxyl groups excluding tert-OH is 1. The summed E-state index contributed by atoms with van der Waals surface area (Å²) in [4.78, 5) is 3.64. The Labute approximate surface area is 76.4 Å². The van der Waals surface area contributed by atoms with E-state index in [9.17, 15) is 8.78 Å². The van der Waals surface area contributed by atoms with Gasteiger partial charge in [0, 0.05) is 16.2 Å². The van der Waals surface area contributed by atoms with E-state index >= 15 is 0 Å². The third-order valence-corrected chi connectivity index (χ3v) is 2.03. The van der Waals surface area contributed by atoms with Crippen LogP contribution in [0.25, 0.3) is 0 Å². The van der Waals surface area contributed by atoms with Crippen molar-refractivity contribution in [3.8, 4) is 0 Å². The fourth-order valence-corrected chi connectivity index (χ4v) is 1.21. The molecular weight excluding hydrogens is 232 g/mol. The fraction of sp³-hybridized carbons (Fsp3) is 0.286. The fourth-order valence-electron chi connectivity index (χ4n) is 0.717. The second kappa shape index (κ2) is 3.91. The van der Waals surface area contributed by atoms with E-state index in [1.807, 2.05) is 0 Å². The van der Waals surface area contributed by atoms with E-state index in [-0.39, 0.29) is 12.2 Å². The number of alkyl halides is 2. The van der Waals surface area contributed by atoms with Crippen LogP contribution in [0.5, 0.6) is 0 Å². The van der Waals surface area contributed by atoms with Crippen LogP contribution >= 0.6 is 15.9 Å². The first-order chi connectivity index (χ1) is 5.65. The summed E-state index contributed by atoms with van der Waals surface area (Å²) in [5, 5.41) is 8.67. The van der Waals surface area contributed by atoms with Gasteiger partial charge in [-0.05, 0) is 22.0 Å². The topological polar surface area (TPSA) is 33.1 Å². The molecule has 1 heterocycles. The number of hydrogen-bond acceptors (Lipinski definition) is 2. The molecule has 0 saturated carbocycles. The number of pyridine rings is 1. The molecular formula is C7H6BrF2NO. The lowest BCUT2D eigenvalue weighted by Gasteiger charge is -2.02. The van der Waals surface area contributed by atoms with Crippen LogP contribution in [0.3, 0.4) is 0 Å². The van der Waals surface area contributed by atoms with Gasteiger partial charge in [-0.1, -0.05) is 0 Å². The second-order valence-electron chi connectivity index (χ2n) is 2.16. The van der Waals surface area contributed by atoms with Crippen molar-refractivity contribution in [3.05, 3.63) is 28.0 Å². The van der Waals surface area contributed by atoms with Gasteiger partial charge in [-0.15, -0.1) is 0 Å². The number of aromatic nitrogens is 1. The van der Waals surface area contributed by atoms with Gasteiger partial charge < -0.3 is 5.11 Å². The van der Waals surface area contributed by atoms with Crippen LogP contribution in [0.1, 0.15) is 17.7 Å². The molecule has 66 valence electrons.